The number of benzene rings is 1. The molecule has 2 saturated heterocycles. The summed E-state index contributed by atoms with van der Waals surface area (Å²) in [6.45, 7) is 6.70. The van der Waals surface area contributed by atoms with Gasteiger partial charge in [0.05, 0.1) is 17.6 Å². The van der Waals surface area contributed by atoms with E-state index in [2.05, 4.69) is 4.98 Å². The number of oxazole rings is 1. The van der Waals surface area contributed by atoms with Crippen molar-refractivity contribution in [2.75, 3.05) is 18.0 Å². The lowest BCUT2D eigenvalue weighted by Crippen LogP contribution is -2.50. The molecule has 138 valence electrons. The van der Waals surface area contributed by atoms with E-state index in [1.54, 1.807) is 17.0 Å². The van der Waals surface area contributed by atoms with Gasteiger partial charge in [-0.1, -0.05) is 6.07 Å². The van der Waals surface area contributed by atoms with Gasteiger partial charge >= 0.3 is 12.1 Å². The summed E-state index contributed by atoms with van der Waals surface area (Å²) in [7, 11) is 0. The highest BCUT2D eigenvalue weighted by atomic mass is 16.6. The topological polar surface area (TPSA) is 96.1 Å². The van der Waals surface area contributed by atoms with Gasteiger partial charge in [-0.3, -0.25) is 0 Å². The van der Waals surface area contributed by atoms with Crippen LogP contribution in [0.4, 0.5) is 10.8 Å². The fourth-order valence-electron chi connectivity index (χ4n) is 3.68. The Bertz CT molecular complexity index is 885. The van der Waals surface area contributed by atoms with Crippen LogP contribution in [0.3, 0.4) is 0 Å². The van der Waals surface area contributed by atoms with Crippen LogP contribution in [0.5, 0.6) is 0 Å². The standard InChI is InChI=1S/C18H21N3O5/c1-18(2,3)26-17(24)21-9-10-7-11(21)8-20(10)16-19-14-12(15(22)23)5-4-6-13(14)25-16/h4-6,10-11H,7-9H2,1-3H3,(H,22,23)/t10?,11-/m0/s1. The van der Waals surface area contributed by atoms with Crippen LogP contribution >= 0.6 is 0 Å². The van der Waals surface area contributed by atoms with Crippen LogP contribution < -0.4 is 4.90 Å². The summed E-state index contributed by atoms with van der Waals surface area (Å²) < 4.78 is 11.3. The first-order chi connectivity index (χ1) is 12.2. The zero-order valence-corrected chi connectivity index (χ0v) is 14.9. The molecular weight excluding hydrogens is 338 g/mol. The number of carboxylic acids is 1. The highest BCUT2D eigenvalue weighted by molar-refractivity contribution is 6.00. The molecule has 1 aromatic heterocycles. The van der Waals surface area contributed by atoms with Crippen LogP contribution in [0.1, 0.15) is 37.6 Å². The fraction of sp³-hybridized carbons (Fsp3) is 0.500. The van der Waals surface area contributed by atoms with Gasteiger partial charge in [-0.15, -0.1) is 0 Å². The Labute approximate surface area is 150 Å². The Hall–Kier alpha value is -2.77. The van der Waals surface area contributed by atoms with Crippen LogP contribution in [0, 0.1) is 0 Å². The van der Waals surface area contributed by atoms with Crippen molar-refractivity contribution in [3.8, 4) is 0 Å². The molecule has 0 spiro atoms. The third kappa shape index (κ3) is 2.75. The number of aromatic nitrogens is 1. The number of ether oxygens (including phenoxy) is 1. The van der Waals surface area contributed by atoms with E-state index >= 15 is 0 Å². The second-order valence-electron chi connectivity index (χ2n) is 7.78. The van der Waals surface area contributed by atoms with Gasteiger partial charge in [0.1, 0.15) is 11.1 Å². The number of rotatable bonds is 2. The van der Waals surface area contributed by atoms with Crippen molar-refractivity contribution in [2.45, 2.75) is 44.9 Å². The predicted molar refractivity (Wildman–Crippen MR) is 93.4 cm³/mol. The number of aromatic carboxylic acids is 1. The van der Waals surface area contributed by atoms with E-state index in [1.165, 1.54) is 6.07 Å². The molecule has 26 heavy (non-hydrogen) atoms. The molecule has 2 aliphatic rings. The maximum absolute atomic E-state index is 12.3. The van der Waals surface area contributed by atoms with Crippen molar-refractivity contribution in [3.05, 3.63) is 23.8 Å². The van der Waals surface area contributed by atoms with Crippen molar-refractivity contribution >= 4 is 29.2 Å². The molecule has 8 heteroatoms. The van der Waals surface area contributed by atoms with Crippen molar-refractivity contribution < 1.29 is 23.8 Å². The molecule has 1 N–H and O–H groups in total. The molecule has 0 radical (unpaired) electrons. The van der Waals surface area contributed by atoms with E-state index in [9.17, 15) is 14.7 Å². The van der Waals surface area contributed by atoms with Crippen LogP contribution in [0.25, 0.3) is 11.1 Å². The van der Waals surface area contributed by atoms with Gasteiger partial charge in [0.15, 0.2) is 5.58 Å². The summed E-state index contributed by atoms with van der Waals surface area (Å²) in [6, 6.07) is 5.40. The molecule has 2 aromatic rings. The minimum atomic E-state index is -1.03. The molecule has 1 amide bonds. The molecule has 1 aromatic carbocycles. The Kier molecular flexibility index (Phi) is 3.61. The molecule has 2 bridgehead atoms. The molecule has 4 rings (SSSR count). The van der Waals surface area contributed by atoms with Crippen molar-refractivity contribution in [1.82, 2.24) is 9.88 Å². The Morgan fingerprint density at radius 1 is 1.27 bits per heavy atom. The number of nitrogens with zero attached hydrogens (tertiary/aromatic N) is 3. The number of carbonyl (C=O) groups excluding carboxylic acids is 1. The lowest BCUT2D eigenvalue weighted by molar-refractivity contribution is 0.0213. The van der Waals surface area contributed by atoms with Crippen LogP contribution in [-0.2, 0) is 4.74 Å². The Morgan fingerprint density at radius 3 is 2.65 bits per heavy atom. The van der Waals surface area contributed by atoms with E-state index in [-0.39, 0.29) is 23.7 Å². The summed E-state index contributed by atoms with van der Waals surface area (Å²) in [5.74, 6) is -1.03. The number of hydrogen-bond acceptors (Lipinski definition) is 6. The largest absolute Gasteiger partial charge is 0.478 e. The molecular formula is C18H21N3O5. The molecule has 2 fully saturated rings. The minimum absolute atomic E-state index is 0.0452. The minimum Gasteiger partial charge on any atom is -0.478 e. The first kappa shape index (κ1) is 16.7. The van der Waals surface area contributed by atoms with E-state index < -0.39 is 11.6 Å². The lowest BCUT2D eigenvalue weighted by Gasteiger charge is -2.34. The SMILES string of the molecule is CC(C)(C)OC(=O)N1CC2C[C@H]1CN2c1nc2c(C(=O)O)cccc2o1. The normalized spacial score (nSPS) is 22.3. The number of carboxylic acid groups (broad SMARTS) is 1. The number of para-hydroxylation sites is 1. The van der Waals surface area contributed by atoms with Crippen molar-refractivity contribution in [1.29, 1.82) is 0 Å². The van der Waals surface area contributed by atoms with Gasteiger partial charge in [-0.25, -0.2) is 9.59 Å². The van der Waals surface area contributed by atoms with E-state index in [0.717, 1.165) is 6.42 Å². The number of fused-ring (bicyclic) bond motifs is 3. The van der Waals surface area contributed by atoms with Crippen LogP contribution in [0.15, 0.2) is 22.6 Å². The summed E-state index contributed by atoms with van der Waals surface area (Å²) in [6.07, 6.45) is 0.527. The Morgan fingerprint density at radius 2 is 2.04 bits per heavy atom. The molecule has 2 aliphatic heterocycles. The number of hydrogen-bond donors (Lipinski definition) is 1. The van der Waals surface area contributed by atoms with Crippen LogP contribution in [0.2, 0.25) is 0 Å². The van der Waals surface area contributed by atoms with Crippen LogP contribution in [-0.4, -0.2) is 57.8 Å². The molecule has 2 atom stereocenters. The average molecular weight is 359 g/mol. The number of anilines is 1. The molecule has 3 heterocycles. The van der Waals surface area contributed by atoms with Gasteiger partial charge in [-0.05, 0) is 39.3 Å². The third-order valence-electron chi connectivity index (χ3n) is 4.75. The first-order valence-corrected chi connectivity index (χ1v) is 8.62. The molecule has 1 unspecified atom stereocenters. The van der Waals surface area contributed by atoms with Gasteiger partial charge in [0.2, 0.25) is 0 Å². The highest BCUT2D eigenvalue weighted by Gasteiger charge is 2.48. The second-order valence-corrected chi connectivity index (χ2v) is 7.78. The quantitative estimate of drug-likeness (QED) is 0.880. The number of carbonyl (C=O) groups is 2. The van der Waals surface area contributed by atoms with E-state index in [4.69, 9.17) is 9.15 Å². The summed E-state index contributed by atoms with van der Waals surface area (Å²) in [5.41, 5.74) is 0.400. The monoisotopic (exact) mass is 359 g/mol. The van der Waals surface area contributed by atoms with Gasteiger partial charge in [-0.2, -0.15) is 4.98 Å². The van der Waals surface area contributed by atoms with Crippen molar-refractivity contribution in [2.24, 2.45) is 0 Å². The number of amides is 1. The first-order valence-electron chi connectivity index (χ1n) is 8.62. The average Bonchev–Trinajstić information content (AvgIpc) is 3.24. The maximum Gasteiger partial charge on any atom is 0.410 e. The summed E-state index contributed by atoms with van der Waals surface area (Å²) in [4.78, 5) is 31.9. The van der Waals surface area contributed by atoms with E-state index in [1.807, 2.05) is 25.7 Å². The number of likely N-dealkylation sites (tertiary alicyclic amines) is 1. The lowest BCUT2D eigenvalue weighted by atomic mass is 10.2. The summed E-state index contributed by atoms with van der Waals surface area (Å²) >= 11 is 0. The molecule has 0 saturated carbocycles. The highest BCUT2D eigenvalue weighted by Crippen LogP contribution is 2.36. The summed E-state index contributed by atoms with van der Waals surface area (Å²) in [5, 5.41) is 9.30. The predicted octanol–water partition coefficient (Wildman–Crippen LogP) is 2.72. The van der Waals surface area contributed by atoms with E-state index in [0.29, 0.717) is 30.2 Å². The molecule has 8 nitrogen and oxygen atoms in total. The zero-order valence-electron chi connectivity index (χ0n) is 14.9. The maximum atomic E-state index is 12.3. The molecule has 0 aliphatic carbocycles. The van der Waals surface area contributed by atoms with Gasteiger partial charge < -0.3 is 24.1 Å². The second kappa shape index (κ2) is 5.62. The zero-order chi connectivity index (χ0) is 18.6. The number of piperazine rings is 1. The fourth-order valence-corrected chi connectivity index (χ4v) is 3.68. The van der Waals surface area contributed by atoms with Crippen molar-refractivity contribution in [3.63, 3.8) is 0 Å². The Balaban J connectivity index is 1.54. The smallest absolute Gasteiger partial charge is 0.410 e. The van der Waals surface area contributed by atoms with Gasteiger partial charge in [0.25, 0.3) is 6.01 Å². The third-order valence-corrected chi connectivity index (χ3v) is 4.75. The van der Waals surface area contributed by atoms with Gasteiger partial charge in [0, 0.05) is 13.1 Å².